The van der Waals surface area contributed by atoms with Crippen molar-refractivity contribution in [2.24, 2.45) is 0 Å². The van der Waals surface area contributed by atoms with Crippen LogP contribution in [0.1, 0.15) is 24.1 Å². The van der Waals surface area contributed by atoms with Gasteiger partial charge in [-0.2, -0.15) is 0 Å². The van der Waals surface area contributed by atoms with Crippen molar-refractivity contribution in [3.63, 3.8) is 0 Å². The second-order valence-corrected chi connectivity index (χ2v) is 8.37. The SMILES string of the molecule is C[C@H](NC(=O)Cc1cc(F)cc(F)c1)C(=O)NC1C(=O)N(C)c2cc(O)ccc2-c2ccccc21. The molecule has 0 saturated heterocycles. The van der Waals surface area contributed by atoms with Crippen molar-refractivity contribution in [3.05, 3.63) is 83.4 Å². The van der Waals surface area contributed by atoms with Gasteiger partial charge in [0.15, 0.2) is 0 Å². The number of likely N-dealkylation sites (N-methyl/N-ethyl adjacent to an activating group) is 1. The normalized spacial score (nSPS) is 15.5. The Morgan fingerprint density at radius 3 is 2.43 bits per heavy atom. The van der Waals surface area contributed by atoms with E-state index in [4.69, 9.17) is 0 Å². The van der Waals surface area contributed by atoms with Gasteiger partial charge < -0.3 is 20.6 Å². The van der Waals surface area contributed by atoms with Crippen LogP contribution in [0.25, 0.3) is 11.1 Å². The third kappa shape index (κ3) is 4.98. The van der Waals surface area contributed by atoms with E-state index in [-0.39, 0.29) is 17.7 Å². The van der Waals surface area contributed by atoms with Crippen molar-refractivity contribution in [1.82, 2.24) is 10.6 Å². The smallest absolute Gasteiger partial charge is 0.253 e. The highest BCUT2D eigenvalue weighted by atomic mass is 19.1. The predicted molar refractivity (Wildman–Crippen MR) is 126 cm³/mol. The molecule has 0 spiro atoms. The van der Waals surface area contributed by atoms with Gasteiger partial charge in [0.1, 0.15) is 29.5 Å². The summed E-state index contributed by atoms with van der Waals surface area (Å²) in [4.78, 5) is 40.0. The first-order chi connectivity index (χ1) is 16.6. The number of phenols is 1. The van der Waals surface area contributed by atoms with E-state index in [1.54, 1.807) is 25.2 Å². The second kappa shape index (κ2) is 9.54. The van der Waals surface area contributed by atoms with Crippen LogP contribution in [0.3, 0.4) is 0 Å². The zero-order chi connectivity index (χ0) is 25.3. The molecule has 0 radical (unpaired) electrons. The minimum Gasteiger partial charge on any atom is -0.508 e. The Hall–Kier alpha value is -4.27. The highest BCUT2D eigenvalue weighted by Gasteiger charge is 2.34. The van der Waals surface area contributed by atoms with Crippen LogP contribution in [0.5, 0.6) is 5.75 Å². The van der Waals surface area contributed by atoms with Crippen LogP contribution in [0.2, 0.25) is 0 Å². The molecular formula is C26H23F2N3O4. The molecular weight excluding hydrogens is 456 g/mol. The molecule has 0 saturated carbocycles. The summed E-state index contributed by atoms with van der Waals surface area (Å²) in [5.41, 5.74) is 2.62. The lowest BCUT2D eigenvalue weighted by atomic mass is 9.95. The molecule has 3 amide bonds. The molecule has 2 atom stereocenters. The Bertz CT molecular complexity index is 1310. The summed E-state index contributed by atoms with van der Waals surface area (Å²) in [7, 11) is 1.55. The molecule has 0 bridgehead atoms. The number of hydrogen-bond acceptors (Lipinski definition) is 4. The minimum absolute atomic E-state index is 0.00196. The van der Waals surface area contributed by atoms with Crippen molar-refractivity contribution in [2.45, 2.75) is 25.4 Å². The standard InChI is InChI=1S/C26H23F2N3O4/c1-14(29-23(33)11-15-9-16(27)12-17(28)10-15)25(34)30-24-21-6-4-3-5-19(21)20-8-7-18(32)13-22(20)31(2)26(24)35/h3-10,12-14,24,32H,11H2,1-2H3,(H,29,33)(H,30,34)/t14-,24?/m0/s1. The Kier molecular flexibility index (Phi) is 6.50. The third-order valence-corrected chi connectivity index (χ3v) is 5.83. The number of nitrogens with zero attached hydrogens (tertiary/aromatic N) is 1. The van der Waals surface area contributed by atoms with E-state index < -0.39 is 41.4 Å². The monoisotopic (exact) mass is 479 g/mol. The van der Waals surface area contributed by atoms with Gasteiger partial charge in [0.05, 0.1) is 12.1 Å². The maximum Gasteiger partial charge on any atom is 0.253 e. The average Bonchev–Trinajstić information content (AvgIpc) is 2.88. The molecule has 0 aromatic heterocycles. The molecule has 4 rings (SSSR count). The molecule has 180 valence electrons. The highest BCUT2D eigenvalue weighted by molar-refractivity contribution is 6.06. The van der Waals surface area contributed by atoms with Crippen LogP contribution >= 0.6 is 0 Å². The van der Waals surface area contributed by atoms with Crippen molar-refractivity contribution < 1.29 is 28.3 Å². The number of aromatic hydroxyl groups is 1. The lowest BCUT2D eigenvalue weighted by molar-refractivity contribution is -0.130. The van der Waals surface area contributed by atoms with Crippen molar-refractivity contribution in [2.75, 3.05) is 11.9 Å². The fraction of sp³-hybridized carbons (Fsp3) is 0.192. The summed E-state index contributed by atoms with van der Waals surface area (Å²) >= 11 is 0. The number of amides is 3. The zero-order valence-corrected chi connectivity index (χ0v) is 19.0. The average molecular weight is 479 g/mol. The Morgan fingerprint density at radius 1 is 1.03 bits per heavy atom. The summed E-state index contributed by atoms with van der Waals surface area (Å²) in [6.45, 7) is 1.45. The molecule has 1 aliphatic rings. The minimum atomic E-state index is -1.05. The molecule has 3 N–H and O–H groups in total. The first-order valence-electron chi connectivity index (χ1n) is 10.9. The van der Waals surface area contributed by atoms with E-state index in [0.717, 1.165) is 23.3 Å². The highest BCUT2D eigenvalue weighted by Crippen LogP contribution is 2.41. The predicted octanol–water partition coefficient (Wildman–Crippen LogP) is 3.22. The van der Waals surface area contributed by atoms with Crippen LogP contribution in [0, 0.1) is 11.6 Å². The maximum absolute atomic E-state index is 13.4. The van der Waals surface area contributed by atoms with Crippen LogP contribution in [-0.4, -0.2) is 35.9 Å². The van der Waals surface area contributed by atoms with Crippen molar-refractivity contribution in [3.8, 4) is 16.9 Å². The summed E-state index contributed by atoms with van der Waals surface area (Å²) in [6, 6.07) is 12.5. The fourth-order valence-electron chi connectivity index (χ4n) is 4.13. The lowest BCUT2D eigenvalue weighted by Gasteiger charge is -2.24. The first kappa shape index (κ1) is 23.9. The van der Waals surface area contributed by atoms with Gasteiger partial charge in [0.2, 0.25) is 11.8 Å². The quantitative estimate of drug-likeness (QED) is 0.523. The summed E-state index contributed by atoms with van der Waals surface area (Å²) in [6.07, 6.45) is -0.320. The van der Waals surface area contributed by atoms with Gasteiger partial charge in [0, 0.05) is 24.7 Å². The van der Waals surface area contributed by atoms with Gasteiger partial charge in [0.25, 0.3) is 5.91 Å². The largest absolute Gasteiger partial charge is 0.508 e. The number of rotatable bonds is 5. The van der Waals surface area contributed by atoms with E-state index in [1.165, 1.54) is 24.0 Å². The Morgan fingerprint density at radius 2 is 1.71 bits per heavy atom. The van der Waals surface area contributed by atoms with Crippen LogP contribution < -0.4 is 15.5 Å². The number of benzene rings is 3. The van der Waals surface area contributed by atoms with Crippen LogP contribution in [0.15, 0.2) is 60.7 Å². The second-order valence-electron chi connectivity index (χ2n) is 8.37. The molecule has 3 aromatic rings. The van der Waals surface area contributed by atoms with E-state index in [2.05, 4.69) is 10.6 Å². The summed E-state index contributed by atoms with van der Waals surface area (Å²) < 4.78 is 26.8. The Balaban J connectivity index is 1.53. The number of nitrogens with one attached hydrogen (secondary N) is 2. The zero-order valence-electron chi connectivity index (χ0n) is 19.0. The van der Waals surface area contributed by atoms with Gasteiger partial charge in [-0.25, -0.2) is 8.78 Å². The lowest BCUT2D eigenvalue weighted by Crippen LogP contribution is -2.49. The fourth-order valence-corrected chi connectivity index (χ4v) is 4.13. The van der Waals surface area contributed by atoms with Gasteiger partial charge >= 0.3 is 0 Å². The number of hydrogen-bond donors (Lipinski definition) is 3. The molecule has 1 unspecified atom stereocenters. The Labute approximate surface area is 200 Å². The maximum atomic E-state index is 13.4. The molecule has 35 heavy (non-hydrogen) atoms. The number of anilines is 1. The molecule has 1 heterocycles. The van der Waals surface area contributed by atoms with Gasteiger partial charge in [-0.1, -0.05) is 24.3 Å². The van der Waals surface area contributed by atoms with E-state index in [0.29, 0.717) is 17.3 Å². The molecule has 9 heteroatoms. The molecule has 7 nitrogen and oxygen atoms in total. The molecule has 0 aliphatic carbocycles. The van der Waals surface area contributed by atoms with Crippen molar-refractivity contribution >= 4 is 23.4 Å². The number of fused-ring (bicyclic) bond motifs is 3. The molecule has 3 aromatic carbocycles. The van der Waals surface area contributed by atoms with Crippen LogP contribution in [-0.2, 0) is 20.8 Å². The van der Waals surface area contributed by atoms with Crippen molar-refractivity contribution in [1.29, 1.82) is 0 Å². The number of phenolic OH excluding ortho intramolecular Hbond substituents is 1. The molecule has 1 aliphatic heterocycles. The van der Waals surface area contributed by atoms with E-state index in [9.17, 15) is 28.3 Å². The van der Waals surface area contributed by atoms with Crippen LogP contribution in [0.4, 0.5) is 14.5 Å². The summed E-state index contributed by atoms with van der Waals surface area (Å²) in [5.74, 6) is -3.25. The number of carbonyl (C=O) groups is 3. The third-order valence-electron chi connectivity index (χ3n) is 5.83. The van der Waals surface area contributed by atoms with E-state index >= 15 is 0 Å². The first-order valence-corrected chi connectivity index (χ1v) is 10.9. The van der Waals surface area contributed by atoms with Gasteiger partial charge in [-0.15, -0.1) is 0 Å². The summed E-state index contributed by atoms with van der Waals surface area (Å²) in [5, 5.41) is 15.1. The molecule has 0 fully saturated rings. The number of halogens is 2. The topological polar surface area (TPSA) is 98.7 Å². The van der Waals surface area contributed by atoms with Gasteiger partial charge in [-0.3, -0.25) is 14.4 Å². The number of carbonyl (C=O) groups excluding carboxylic acids is 3. The van der Waals surface area contributed by atoms with E-state index in [1.807, 2.05) is 12.1 Å². The van der Waals surface area contributed by atoms with Gasteiger partial charge in [-0.05, 0) is 47.9 Å².